The highest BCUT2D eigenvalue weighted by Gasteiger charge is 2.42. The maximum absolute atomic E-state index is 13.0. The number of Topliss-reactive ketones (excluding diaryl/α,β-unsaturated/α-hetero) is 1. The average molecular weight is 490 g/mol. The Kier molecular flexibility index (Phi) is 4.83. The Morgan fingerprint density at radius 3 is 2.09 bits per heavy atom. The van der Waals surface area contributed by atoms with E-state index in [9.17, 15) is 9.59 Å². The van der Waals surface area contributed by atoms with Gasteiger partial charge >= 0.3 is 5.97 Å². The zero-order valence-electron chi connectivity index (χ0n) is 17.7. The molecule has 5 heteroatoms. The molecule has 162 valence electrons. The van der Waals surface area contributed by atoms with E-state index in [1.165, 1.54) is 16.8 Å². The summed E-state index contributed by atoms with van der Waals surface area (Å²) in [5.41, 5.74) is 4.92. The number of esters is 1. The minimum atomic E-state index is -0.422. The maximum Gasteiger partial charge on any atom is 0.338 e. The van der Waals surface area contributed by atoms with E-state index in [4.69, 9.17) is 4.74 Å². The molecule has 0 radical (unpaired) electrons. The van der Waals surface area contributed by atoms with Gasteiger partial charge in [0.2, 0.25) is 0 Å². The molecular formula is C27H24BrNO3. The predicted molar refractivity (Wildman–Crippen MR) is 127 cm³/mol. The first kappa shape index (κ1) is 20.0. The molecule has 0 aromatic heterocycles. The van der Waals surface area contributed by atoms with Crippen molar-refractivity contribution in [2.75, 3.05) is 24.6 Å². The lowest BCUT2D eigenvalue weighted by Crippen LogP contribution is -2.43. The highest BCUT2D eigenvalue weighted by Crippen LogP contribution is 2.53. The summed E-state index contributed by atoms with van der Waals surface area (Å²) in [7, 11) is 0. The second-order valence-corrected chi connectivity index (χ2v) is 10.2. The van der Waals surface area contributed by atoms with Crippen molar-refractivity contribution in [2.45, 2.75) is 24.7 Å². The molecule has 4 nitrogen and oxygen atoms in total. The number of benzene rings is 2. The topological polar surface area (TPSA) is 46.6 Å². The summed E-state index contributed by atoms with van der Waals surface area (Å²) < 4.78 is 6.39. The van der Waals surface area contributed by atoms with E-state index in [1.807, 2.05) is 24.3 Å². The summed E-state index contributed by atoms with van der Waals surface area (Å²) in [6.45, 7) is 1.93. The summed E-state index contributed by atoms with van der Waals surface area (Å²) in [6.07, 6.45) is 11.4. The zero-order chi connectivity index (χ0) is 21.8. The molecule has 4 atom stereocenters. The number of carbonyl (C=O) groups excluding carboxylic acids is 2. The van der Waals surface area contributed by atoms with Crippen LogP contribution in [-0.4, -0.2) is 31.4 Å². The fraction of sp³-hybridized carbons (Fsp3) is 0.333. The Hall–Kier alpha value is -2.66. The fourth-order valence-electron chi connectivity index (χ4n) is 5.93. The number of carbonyl (C=O) groups is 2. The lowest BCUT2D eigenvalue weighted by atomic mass is 9.74. The van der Waals surface area contributed by atoms with E-state index in [2.05, 4.69) is 45.1 Å². The van der Waals surface area contributed by atoms with Gasteiger partial charge in [0.05, 0.1) is 5.56 Å². The average Bonchev–Trinajstić information content (AvgIpc) is 3.47. The standard InChI is InChI=1S/C27H24BrNO3/c28-20-9-7-16(8-10-20)25(30)15-32-27(31)19-11-23-21-5-1-3-17(21)13-29-14-18-4-2-6-22(18)24(12-19)26(23)29/h1-2,5-12,17-18,21-22H,3-4,13-15H2/t17-,18+,21-,22+. The van der Waals surface area contributed by atoms with E-state index in [0.29, 0.717) is 34.8 Å². The molecule has 6 rings (SSSR count). The number of ketones is 1. The molecule has 2 heterocycles. The van der Waals surface area contributed by atoms with Gasteiger partial charge in [-0.15, -0.1) is 0 Å². The number of halogens is 1. The van der Waals surface area contributed by atoms with Crippen LogP contribution in [0, 0.1) is 11.8 Å². The molecule has 2 aromatic carbocycles. The molecule has 2 aliphatic heterocycles. The van der Waals surface area contributed by atoms with Crippen LogP contribution in [0.3, 0.4) is 0 Å². The number of rotatable bonds is 4. The van der Waals surface area contributed by atoms with Crippen LogP contribution in [-0.2, 0) is 4.74 Å². The lowest BCUT2D eigenvalue weighted by Gasteiger charge is -2.46. The van der Waals surface area contributed by atoms with Gasteiger partial charge in [-0.3, -0.25) is 4.79 Å². The molecule has 0 bridgehead atoms. The van der Waals surface area contributed by atoms with E-state index >= 15 is 0 Å². The van der Waals surface area contributed by atoms with Crippen LogP contribution < -0.4 is 4.90 Å². The van der Waals surface area contributed by atoms with Crippen molar-refractivity contribution in [3.8, 4) is 0 Å². The minimum Gasteiger partial charge on any atom is -0.454 e. The normalized spacial score (nSPS) is 26.5. The van der Waals surface area contributed by atoms with Gasteiger partial charge in [0.1, 0.15) is 0 Å². The molecule has 0 amide bonds. The third-order valence-corrected chi connectivity index (χ3v) is 7.96. The third kappa shape index (κ3) is 3.25. The first-order valence-electron chi connectivity index (χ1n) is 11.3. The molecule has 2 aliphatic carbocycles. The van der Waals surface area contributed by atoms with Crippen LogP contribution >= 0.6 is 15.9 Å². The summed E-state index contributed by atoms with van der Waals surface area (Å²) >= 11 is 3.37. The van der Waals surface area contributed by atoms with Gasteiger partial charge in [-0.1, -0.05) is 52.4 Å². The number of fused-ring (bicyclic) bond motifs is 4. The second-order valence-electron chi connectivity index (χ2n) is 9.31. The Balaban J connectivity index is 1.31. The van der Waals surface area contributed by atoms with Gasteiger partial charge in [0.25, 0.3) is 0 Å². The number of allylic oxidation sites excluding steroid dienone is 4. The van der Waals surface area contributed by atoms with Crippen LogP contribution in [0.15, 0.2) is 65.2 Å². The van der Waals surface area contributed by atoms with E-state index in [-0.39, 0.29) is 12.4 Å². The molecule has 0 fully saturated rings. The van der Waals surface area contributed by atoms with Crippen molar-refractivity contribution in [1.82, 2.24) is 0 Å². The zero-order valence-corrected chi connectivity index (χ0v) is 19.3. The molecule has 0 spiro atoms. The number of ether oxygens (including phenoxy) is 1. The van der Waals surface area contributed by atoms with Gasteiger partial charge < -0.3 is 9.64 Å². The highest BCUT2D eigenvalue weighted by atomic mass is 79.9. The quantitative estimate of drug-likeness (QED) is 0.316. The Bertz CT molecular complexity index is 1110. The van der Waals surface area contributed by atoms with Crippen LogP contribution in [0.4, 0.5) is 5.69 Å². The summed E-state index contributed by atoms with van der Waals surface area (Å²) in [6, 6.07) is 11.1. The van der Waals surface area contributed by atoms with Gasteiger partial charge in [0.15, 0.2) is 12.4 Å². The monoisotopic (exact) mass is 489 g/mol. The predicted octanol–water partition coefficient (Wildman–Crippen LogP) is 5.64. The molecule has 0 saturated heterocycles. The van der Waals surface area contributed by atoms with Crippen molar-refractivity contribution >= 4 is 33.4 Å². The van der Waals surface area contributed by atoms with Gasteiger partial charge in [-0.2, -0.15) is 0 Å². The van der Waals surface area contributed by atoms with E-state index in [0.717, 1.165) is 30.4 Å². The SMILES string of the molecule is O=C(COC(=O)c1cc2c3c(c1)[C@@H]1C=CC[C@@H]1CN3C[C@@H]1CC=C[C@H]21)c1ccc(Br)cc1. The number of hydrogen-bond acceptors (Lipinski definition) is 4. The summed E-state index contributed by atoms with van der Waals surface area (Å²) in [5.74, 6) is 1.25. The third-order valence-electron chi connectivity index (χ3n) is 7.43. The van der Waals surface area contributed by atoms with Crippen molar-refractivity contribution in [1.29, 1.82) is 0 Å². The number of nitrogens with zero attached hydrogens (tertiary/aromatic N) is 1. The molecule has 2 aromatic rings. The molecule has 32 heavy (non-hydrogen) atoms. The van der Waals surface area contributed by atoms with Crippen molar-refractivity contribution in [3.05, 3.63) is 87.4 Å². The van der Waals surface area contributed by atoms with Crippen LogP contribution in [0.1, 0.15) is 56.5 Å². The Morgan fingerprint density at radius 2 is 1.50 bits per heavy atom. The lowest BCUT2D eigenvalue weighted by molar-refractivity contribution is 0.0474. The van der Waals surface area contributed by atoms with Crippen LogP contribution in [0.25, 0.3) is 0 Å². The van der Waals surface area contributed by atoms with Crippen LogP contribution in [0.2, 0.25) is 0 Å². The van der Waals surface area contributed by atoms with Gasteiger partial charge in [-0.25, -0.2) is 4.79 Å². The first-order valence-corrected chi connectivity index (χ1v) is 12.1. The Labute approximate surface area is 196 Å². The minimum absolute atomic E-state index is 0.200. The maximum atomic E-state index is 13.0. The first-order chi connectivity index (χ1) is 15.6. The van der Waals surface area contributed by atoms with Crippen molar-refractivity contribution in [2.24, 2.45) is 11.8 Å². The van der Waals surface area contributed by atoms with Crippen molar-refractivity contribution < 1.29 is 14.3 Å². The molecule has 0 unspecified atom stereocenters. The number of hydrogen-bond donors (Lipinski definition) is 0. The fourth-order valence-corrected chi connectivity index (χ4v) is 6.19. The number of anilines is 1. The van der Waals surface area contributed by atoms with Crippen molar-refractivity contribution in [3.63, 3.8) is 0 Å². The Morgan fingerprint density at radius 1 is 0.906 bits per heavy atom. The van der Waals surface area contributed by atoms with E-state index in [1.54, 1.807) is 12.1 Å². The van der Waals surface area contributed by atoms with E-state index < -0.39 is 5.97 Å². The molecule has 4 aliphatic rings. The summed E-state index contributed by atoms with van der Waals surface area (Å²) in [5, 5.41) is 0. The smallest absolute Gasteiger partial charge is 0.338 e. The van der Waals surface area contributed by atoms with Crippen LogP contribution in [0.5, 0.6) is 0 Å². The molecular weight excluding hydrogens is 466 g/mol. The highest BCUT2D eigenvalue weighted by molar-refractivity contribution is 9.10. The van der Waals surface area contributed by atoms with Gasteiger partial charge in [-0.05, 0) is 60.1 Å². The molecule has 0 saturated carbocycles. The molecule has 0 N–H and O–H groups in total. The largest absolute Gasteiger partial charge is 0.454 e. The van der Waals surface area contributed by atoms with Gasteiger partial charge in [0, 0.05) is 40.6 Å². The summed E-state index contributed by atoms with van der Waals surface area (Å²) in [4.78, 5) is 28.1. The second kappa shape index (κ2) is 7.73.